The van der Waals surface area contributed by atoms with Crippen molar-refractivity contribution in [1.29, 1.82) is 0 Å². The lowest BCUT2D eigenvalue weighted by Crippen LogP contribution is -2.32. The first-order valence-corrected chi connectivity index (χ1v) is 8.56. The number of para-hydroxylation sites is 1. The van der Waals surface area contributed by atoms with Gasteiger partial charge in [-0.15, -0.1) is 0 Å². The number of carbonyl (C=O) groups is 1. The summed E-state index contributed by atoms with van der Waals surface area (Å²) < 4.78 is 0. The number of carbonyl (C=O) groups excluding carboxylic acids is 1. The Balaban J connectivity index is 1.75. The van der Waals surface area contributed by atoms with Gasteiger partial charge in [0.25, 0.3) is 0 Å². The van der Waals surface area contributed by atoms with E-state index >= 15 is 0 Å². The van der Waals surface area contributed by atoms with Crippen LogP contribution < -0.4 is 4.90 Å². The van der Waals surface area contributed by atoms with Crippen molar-refractivity contribution in [1.82, 2.24) is 0 Å². The molecule has 0 saturated heterocycles. The highest BCUT2D eigenvalue weighted by Crippen LogP contribution is 2.65. The van der Waals surface area contributed by atoms with Crippen LogP contribution in [0.1, 0.15) is 45.6 Å². The molecule has 2 fully saturated rings. The molecule has 1 aromatic carbocycles. The zero-order valence-corrected chi connectivity index (χ0v) is 13.9. The Bertz CT molecular complexity index is 672. The van der Waals surface area contributed by atoms with Crippen LogP contribution >= 0.6 is 0 Å². The van der Waals surface area contributed by atoms with Crippen molar-refractivity contribution in [3.8, 4) is 0 Å². The van der Waals surface area contributed by atoms with Crippen molar-refractivity contribution in [3.05, 3.63) is 41.6 Å². The predicted molar refractivity (Wildman–Crippen MR) is 89.8 cm³/mol. The molecule has 2 bridgehead atoms. The molecular weight excluding hydrogens is 270 g/mol. The number of allylic oxidation sites excluding steroid dienone is 1. The van der Waals surface area contributed by atoms with Crippen molar-refractivity contribution < 1.29 is 4.79 Å². The van der Waals surface area contributed by atoms with Crippen LogP contribution in [0.4, 0.5) is 5.69 Å². The number of hydrogen-bond donors (Lipinski definition) is 0. The summed E-state index contributed by atoms with van der Waals surface area (Å²) in [6.45, 7) is 7.78. The molecular formula is C20H25NO. The fourth-order valence-electron chi connectivity index (χ4n) is 4.94. The number of Topliss-reactive ketones (excluding diaryl/α,β-unsaturated/α-hetero) is 1. The van der Waals surface area contributed by atoms with Gasteiger partial charge in [-0.05, 0) is 48.6 Å². The smallest absolute Gasteiger partial charge is 0.167 e. The van der Waals surface area contributed by atoms with Crippen molar-refractivity contribution in [2.24, 2.45) is 16.7 Å². The highest BCUT2D eigenvalue weighted by molar-refractivity contribution is 6.05. The Morgan fingerprint density at radius 1 is 1.23 bits per heavy atom. The molecule has 3 aliphatic rings. The second-order valence-corrected chi connectivity index (χ2v) is 7.98. The van der Waals surface area contributed by atoms with Gasteiger partial charge >= 0.3 is 0 Å². The van der Waals surface area contributed by atoms with E-state index in [1.807, 2.05) is 0 Å². The van der Waals surface area contributed by atoms with Crippen LogP contribution in [0.2, 0.25) is 0 Å². The van der Waals surface area contributed by atoms with Gasteiger partial charge in [0.15, 0.2) is 5.78 Å². The summed E-state index contributed by atoms with van der Waals surface area (Å²) in [7, 11) is 0. The minimum absolute atomic E-state index is 0.102. The molecule has 22 heavy (non-hydrogen) atoms. The summed E-state index contributed by atoms with van der Waals surface area (Å²) in [6, 6.07) is 8.62. The third kappa shape index (κ3) is 1.64. The van der Waals surface area contributed by atoms with Crippen LogP contribution in [-0.4, -0.2) is 12.3 Å². The van der Waals surface area contributed by atoms with Crippen molar-refractivity contribution in [2.75, 3.05) is 11.4 Å². The minimum Gasteiger partial charge on any atom is -0.347 e. The molecule has 2 heteroatoms. The lowest BCUT2D eigenvalue weighted by atomic mass is 9.70. The van der Waals surface area contributed by atoms with Gasteiger partial charge in [-0.1, -0.05) is 39.0 Å². The molecule has 0 N–H and O–H groups in total. The quantitative estimate of drug-likeness (QED) is 0.718. The highest BCUT2D eigenvalue weighted by atomic mass is 16.1. The normalized spacial score (nSPS) is 34.3. The van der Waals surface area contributed by atoms with Gasteiger partial charge in [-0.2, -0.15) is 0 Å². The first-order chi connectivity index (χ1) is 10.4. The van der Waals surface area contributed by atoms with E-state index in [1.54, 1.807) is 0 Å². The topological polar surface area (TPSA) is 20.3 Å². The number of nitrogens with zero attached hydrogens (tertiary/aromatic N) is 1. The van der Waals surface area contributed by atoms with Crippen LogP contribution in [0.15, 0.2) is 36.0 Å². The zero-order chi connectivity index (χ0) is 15.5. The molecule has 0 amide bonds. The molecule has 2 atom stereocenters. The lowest BCUT2D eigenvalue weighted by Gasteiger charge is -2.31. The number of fused-ring (bicyclic) bond motifs is 3. The number of rotatable bonds is 1. The summed E-state index contributed by atoms with van der Waals surface area (Å²) in [5, 5.41) is 0. The number of aryl methyl sites for hydroxylation is 1. The fourth-order valence-corrected chi connectivity index (χ4v) is 4.94. The van der Waals surface area contributed by atoms with E-state index in [9.17, 15) is 4.79 Å². The molecule has 0 aromatic heterocycles. The van der Waals surface area contributed by atoms with E-state index in [2.05, 4.69) is 56.1 Å². The second-order valence-electron chi connectivity index (χ2n) is 7.98. The third-order valence-corrected chi connectivity index (χ3v) is 6.81. The molecule has 2 saturated carbocycles. The Hall–Kier alpha value is -1.57. The van der Waals surface area contributed by atoms with Gasteiger partial charge in [-0.25, -0.2) is 0 Å². The maximum absolute atomic E-state index is 13.0. The first-order valence-electron chi connectivity index (χ1n) is 8.56. The van der Waals surface area contributed by atoms with Crippen molar-refractivity contribution >= 4 is 11.5 Å². The molecule has 1 heterocycles. The zero-order valence-electron chi connectivity index (χ0n) is 13.9. The van der Waals surface area contributed by atoms with Gasteiger partial charge < -0.3 is 4.90 Å². The Labute approximate surface area is 133 Å². The van der Waals surface area contributed by atoms with Crippen LogP contribution in [0.3, 0.4) is 0 Å². The van der Waals surface area contributed by atoms with Crippen LogP contribution in [0.5, 0.6) is 0 Å². The number of anilines is 1. The predicted octanol–water partition coefficient (Wildman–Crippen LogP) is 4.35. The van der Waals surface area contributed by atoms with Crippen molar-refractivity contribution in [2.45, 2.75) is 46.5 Å². The Kier molecular flexibility index (Phi) is 2.85. The average molecular weight is 295 g/mol. The minimum atomic E-state index is -0.154. The van der Waals surface area contributed by atoms with Gasteiger partial charge in [-0.3, -0.25) is 4.79 Å². The average Bonchev–Trinajstić information content (AvgIpc) is 2.82. The van der Waals surface area contributed by atoms with E-state index in [1.165, 1.54) is 17.7 Å². The second kappa shape index (κ2) is 4.47. The van der Waals surface area contributed by atoms with E-state index in [0.29, 0.717) is 11.7 Å². The molecule has 1 aliphatic heterocycles. The molecule has 4 rings (SSSR count). The summed E-state index contributed by atoms with van der Waals surface area (Å²) in [5.74, 6) is 0.830. The standard InChI is InChI=1S/C20H25NO/c1-19(2)16-10-11-20(19,3)18(22)15(16)13-21-12-6-8-14-7-4-5-9-17(14)21/h4-5,7,9,13,16H,6,8,10-12H2,1-3H3. The lowest BCUT2D eigenvalue weighted by molar-refractivity contribution is -0.125. The van der Waals surface area contributed by atoms with Gasteiger partial charge in [0.2, 0.25) is 0 Å². The van der Waals surface area contributed by atoms with E-state index in [4.69, 9.17) is 0 Å². The van der Waals surface area contributed by atoms with E-state index in [-0.39, 0.29) is 10.8 Å². The number of benzene rings is 1. The number of hydrogen-bond acceptors (Lipinski definition) is 2. The Morgan fingerprint density at radius 2 is 2.00 bits per heavy atom. The van der Waals surface area contributed by atoms with E-state index in [0.717, 1.165) is 31.4 Å². The molecule has 1 aromatic rings. The molecule has 0 spiro atoms. The maximum atomic E-state index is 13.0. The summed E-state index contributed by atoms with van der Waals surface area (Å²) in [4.78, 5) is 15.3. The van der Waals surface area contributed by atoms with Crippen LogP contribution in [0.25, 0.3) is 0 Å². The molecule has 2 unspecified atom stereocenters. The SMILES string of the molecule is CC12CCC(C(=CN3CCCc4ccccc43)C1=O)C2(C)C. The van der Waals surface area contributed by atoms with Gasteiger partial charge in [0.05, 0.1) is 0 Å². The van der Waals surface area contributed by atoms with Crippen LogP contribution in [0, 0.1) is 16.7 Å². The fraction of sp³-hybridized carbons (Fsp3) is 0.550. The number of ketones is 1. The first kappa shape index (κ1) is 14.0. The van der Waals surface area contributed by atoms with Crippen LogP contribution in [-0.2, 0) is 11.2 Å². The van der Waals surface area contributed by atoms with Gasteiger partial charge in [0, 0.05) is 29.4 Å². The Morgan fingerprint density at radius 3 is 2.73 bits per heavy atom. The summed E-state index contributed by atoms with van der Waals surface area (Å²) >= 11 is 0. The maximum Gasteiger partial charge on any atom is 0.167 e. The van der Waals surface area contributed by atoms with E-state index < -0.39 is 0 Å². The molecule has 116 valence electrons. The monoisotopic (exact) mass is 295 g/mol. The van der Waals surface area contributed by atoms with Gasteiger partial charge in [0.1, 0.15) is 0 Å². The third-order valence-electron chi connectivity index (χ3n) is 6.81. The largest absolute Gasteiger partial charge is 0.347 e. The molecule has 2 nitrogen and oxygen atoms in total. The van der Waals surface area contributed by atoms with Crippen molar-refractivity contribution in [3.63, 3.8) is 0 Å². The molecule has 0 radical (unpaired) electrons. The summed E-state index contributed by atoms with van der Waals surface area (Å²) in [6.07, 6.45) is 6.72. The highest BCUT2D eigenvalue weighted by Gasteiger charge is 2.64. The summed E-state index contributed by atoms with van der Waals surface area (Å²) in [5.41, 5.74) is 3.73. The molecule has 2 aliphatic carbocycles.